The van der Waals surface area contributed by atoms with Crippen LogP contribution in [-0.2, 0) is 11.2 Å². The summed E-state index contributed by atoms with van der Waals surface area (Å²) in [5.41, 5.74) is 1.04. The number of carboxylic acids is 1. The molecule has 1 aromatic carbocycles. The summed E-state index contributed by atoms with van der Waals surface area (Å²) in [6, 6.07) is 7.32. The Labute approximate surface area is 142 Å². The molecule has 4 heteroatoms. The number of hydrogen-bond donors (Lipinski definition) is 2. The van der Waals surface area contributed by atoms with E-state index in [2.05, 4.69) is 5.32 Å². The van der Waals surface area contributed by atoms with Crippen molar-refractivity contribution >= 4 is 11.9 Å². The van der Waals surface area contributed by atoms with Gasteiger partial charge in [-0.15, -0.1) is 0 Å². The minimum Gasteiger partial charge on any atom is -0.478 e. The van der Waals surface area contributed by atoms with Crippen LogP contribution in [0.25, 0.3) is 0 Å². The molecule has 1 amide bonds. The van der Waals surface area contributed by atoms with E-state index in [4.69, 9.17) is 0 Å². The molecule has 3 aliphatic rings. The fourth-order valence-corrected chi connectivity index (χ4v) is 5.71. The van der Waals surface area contributed by atoms with Crippen molar-refractivity contribution in [3.63, 3.8) is 0 Å². The van der Waals surface area contributed by atoms with Crippen LogP contribution in [-0.4, -0.2) is 23.0 Å². The highest BCUT2D eigenvalue weighted by Crippen LogP contribution is 2.58. The second-order valence-electron chi connectivity index (χ2n) is 7.79. The van der Waals surface area contributed by atoms with E-state index in [1.807, 2.05) is 6.07 Å². The molecule has 128 valence electrons. The summed E-state index contributed by atoms with van der Waals surface area (Å²) in [5.74, 6) is 2.46. The molecule has 0 aliphatic heterocycles. The first-order valence-electron chi connectivity index (χ1n) is 9.24. The zero-order valence-electron chi connectivity index (χ0n) is 13.9. The number of carboxylic acid groups (broad SMARTS) is 1. The standard InChI is InChI=1S/C20H25NO3/c22-19(9-8-12-4-1-2-5-15(12)20(23)24)21-18-11-13-10-17(18)16-7-3-6-14(13)16/h1-2,4-5,13-14,16-18H,3,6-11H2,(H,21,22)(H,23,24). The van der Waals surface area contributed by atoms with Crippen molar-refractivity contribution in [3.05, 3.63) is 35.4 Å². The number of benzene rings is 1. The Hall–Kier alpha value is -1.84. The van der Waals surface area contributed by atoms with Crippen molar-refractivity contribution in [2.75, 3.05) is 0 Å². The SMILES string of the molecule is O=C(CCc1ccccc1C(=O)O)NC1CC2CC1C1CCCC21. The zero-order chi connectivity index (χ0) is 16.7. The van der Waals surface area contributed by atoms with Crippen LogP contribution < -0.4 is 5.32 Å². The van der Waals surface area contributed by atoms with Crippen molar-refractivity contribution in [1.29, 1.82) is 0 Å². The van der Waals surface area contributed by atoms with Crippen molar-refractivity contribution in [2.45, 2.75) is 51.0 Å². The van der Waals surface area contributed by atoms with Gasteiger partial charge in [-0.25, -0.2) is 4.79 Å². The van der Waals surface area contributed by atoms with Crippen molar-refractivity contribution in [1.82, 2.24) is 5.32 Å². The molecule has 4 nitrogen and oxygen atoms in total. The number of nitrogens with one attached hydrogen (secondary N) is 1. The second kappa shape index (κ2) is 6.23. The van der Waals surface area contributed by atoms with Crippen molar-refractivity contribution < 1.29 is 14.7 Å². The van der Waals surface area contributed by atoms with E-state index in [0.29, 0.717) is 30.4 Å². The molecular formula is C20H25NO3. The van der Waals surface area contributed by atoms with Gasteiger partial charge < -0.3 is 10.4 Å². The number of aryl methyl sites for hydroxylation is 1. The van der Waals surface area contributed by atoms with Gasteiger partial charge in [-0.05, 0) is 67.4 Å². The van der Waals surface area contributed by atoms with E-state index in [9.17, 15) is 14.7 Å². The fraction of sp³-hybridized carbons (Fsp3) is 0.600. The second-order valence-corrected chi connectivity index (χ2v) is 7.79. The fourth-order valence-electron chi connectivity index (χ4n) is 5.71. The van der Waals surface area contributed by atoms with Gasteiger partial charge in [-0.2, -0.15) is 0 Å². The largest absolute Gasteiger partial charge is 0.478 e. The highest BCUT2D eigenvalue weighted by atomic mass is 16.4. The van der Waals surface area contributed by atoms with Gasteiger partial charge in [0.1, 0.15) is 0 Å². The Morgan fingerprint density at radius 1 is 1.08 bits per heavy atom. The van der Waals surface area contributed by atoms with Crippen LogP contribution in [0, 0.1) is 23.7 Å². The topological polar surface area (TPSA) is 66.4 Å². The van der Waals surface area contributed by atoms with Gasteiger partial charge in [-0.3, -0.25) is 4.79 Å². The molecule has 1 aromatic rings. The number of aromatic carboxylic acids is 1. The molecule has 0 spiro atoms. The van der Waals surface area contributed by atoms with Crippen LogP contribution in [0.15, 0.2) is 24.3 Å². The van der Waals surface area contributed by atoms with Gasteiger partial charge in [0.2, 0.25) is 5.91 Å². The predicted molar refractivity (Wildman–Crippen MR) is 90.7 cm³/mol. The van der Waals surface area contributed by atoms with Crippen LogP contribution in [0.5, 0.6) is 0 Å². The lowest BCUT2D eigenvalue weighted by Gasteiger charge is -2.32. The lowest BCUT2D eigenvalue weighted by atomic mass is 9.79. The van der Waals surface area contributed by atoms with E-state index in [-0.39, 0.29) is 5.91 Å². The Bertz CT molecular complexity index is 656. The van der Waals surface area contributed by atoms with Crippen LogP contribution in [0.4, 0.5) is 0 Å². The summed E-state index contributed by atoms with van der Waals surface area (Å²) in [4.78, 5) is 23.6. The lowest BCUT2D eigenvalue weighted by Crippen LogP contribution is -2.42. The molecule has 0 saturated heterocycles. The molecule has 2 bridgehead atoms. The Kier molecular flexibility index (Phi) is 4.07. The minimum absolute atomic E-state index is 0.0716. The maximum absolute atomic E-state index is 12.4. The van der Waals surface area contributed by atoms with Gasteiger partial charge in [0.15, 0.2) is 0 Å². The molecule has 5 unspecified atom stereocenters. The van der Waals surface area contributed by atoms with Gasteiger partial charge >= 0.3 is 5.97 Å². The average molecular weight is 327 g/mol. The smallest absolute Gasteiger partial charge is 0.335 e. The molecule has 4 rings (SSSR count). The number of fused-ring (bicyclic) bond motifs is 5. The maximum Gasteiger partial charge on any atom is 0.335 e. The predicted octanol–water partition coefficient (Wildman–Crippen LogP) is 3.26. The highest BCUT2D eigenvalue weighted by molar-refractivity contribution is 5.89. The van der Waals surface area contributed by atoms with Gasteiger partial charge in [0.25, 0.3) is 0 Å². The molecular weight excluding hydrogens is 302 g/mol. The molecule has 24 heavy (non-hydrogen) atoms. The van der Waals surface area contributed by atoms with Gasteiger partial charge in [-0.1, -0.05) is 24.6 Å². The normalized spacial score (nSPS) is 33.4. The van der Waals surface area contributed by atoms with E-state index in [0.717, 1.165) is 29.7 Å². The average Bonchev–Trinajstić information content (AvgIpc) is 3.25. The van der Waals surface area contributed by atoms with Crippen molar-refractivity contribution in [2.24, 2.45) is 23.7 Å². The number of amides is 1. The Morgan fingerprint density at radius 3 is 2.71 bits per heavy atom. The zero-order valence-corrected chi connectivity index (χ0v) is 13.9. The summed E-state index contributed by atoms with van der Waals surface area (Å²) in [5, 5.41) is 12.5. The lowest BCUT2D eigenvalue weighted by molar-refractivity contribution is -0.122. The molecule has 0 radical (unpaired) electrons. The molecule has 0 aromatic heterocycles. The quantitative estimate of drug-likeness (QED) is 0.872. The maximum atomic E-state index is 12.4. The van der Waals surface area contributed by atoms with E-state index in [1.165, 1.54) is 25.7 Å². The molecule has 5 atom stereocenters. The first kappa shape index (κ1) is 15.7. The molecule has 3 fully saturated rings. The van der Waals surface area contributed by atoms with Crippen LogP contribution in [0.1, 0.15) is 54.4 Å². The summed E-state index contributed by atoms with van der Waals surface area (Å²) in [6.45, 7) is 0. The number of carbonyl (C=O) groups excluding carboxylic acids is 1. The number of rotatable bonds is 5. The van der Waals surface area contributed by atoms with Gasteiger partial charge in [0.05, 0.1) is 5.56 Å². The highest BCUT2D eigenvalue weighted by Gasteiger charge is 2.53. The molecule has 3 aliphatic carbocycles. The van der Waals surface area contributed by atoms with Crippen LogP contribution in [0.2, 0.25) is 0 Å². The van der Waals surface area contributed by atoms with Gasteiger partial charge in [0, 0.05) is 12.5 Å². The van der Waals surface area contributed by atoms with Crippen LogP contribution in [0.3, 0.4) is 0 Å². The van der Waals surface area contributed by atoms with E-state index < -0.39 is 5.97 Å². The first-order valence-corrected chi connectivity index (χ1v) is 9.24. The third-order valence-corrected chi connectivity index (χ3v) is 6.64. The number of hydrogen-bond acceptors (Lipinski definition) is 2. The third-order valence-electron chi connectivity index (χ3n) is 6.64. The van der Waals surface area contributed by atoms with Crippen LogP contribution >= 0.6 is 0 Å². The van der Waals surface area contributed by atoms with Crippen molar-refractivity contribution in [3.8, 4) is 0 Å². The molecule has 3 saturated carbocycles. The van der Waals surface area contributed by atoms with E-state index >= 15 is 0 Å². The monoisotopic (exact) mass is 327 g/mol. The number of carbonyl (C=O) groups is 2. The third kappa shape index (κ3) is 2.72. The molecule has 0 heterocycles. The van der Waals surface area contributed by atoms with E-state index in [1.54, 1.807) is 18.2 Å². The Morgan fingerprint density at radius 2 is 1.88 bits per heavy atom. The minimum atomic E-state index is -0.925. The summed E-state index contributed by atoms with van der Waals surface area (Å²) in [6.07, 6.45) is 7.44. The summed E-state index contributed by atoms with van der Waals surface area (Å²) >= 11 is 0. The first-order chi connectivity index (χ1) is 11.6. The molecule has 2 N–H and O–H groups in total. The summed E-state index contributed by atoms with van der Waals surface area (Å²) in [7, 11) is 0. The summed E-state index contributed by atoms with van der Waals surface area (Å²) < 4.78 is 0. The Balaban J connectivity index is 1.33.